The molecule has 100 valence electrons. The number of hydrogen-bond donors (Lipinski definition) is 1. The van der Waals surface area contributed by atoms with Crippen LogP contribution in [0, 0.1) is 13.8 Å². The molecule has 0 aliphatic rings. The molecule has 0 radical (unpaired) electrons. The standard InChI is InChI=1S/C17H21NS/c1-4-18-12-15-8-9-17(11-14(15)3)19-16-7-5-6-13(2)10-16/h5-11,18H,4,12H2,1-3H3. The topological polar surface area (TPSA) is 12.0 Å². The molecular weight excluding hydrogens is 250 g/mol. The zero-order valence-electron chi connectivity index (χ0n) is 11.9. The second-order valence-electron chi connectivity index (χ2n) is 4.79. The molecule has 2 aromatic rings. The van der Waals surface area contributed by atoms with Crippen LogP contribution in [0.4, 0.5) is 0 Å². The van der Waals surface area contributed by atoms with E-state index < -0.39 is 0 Å². The molecule has 2 aromatic carbocycles. The molecular formula is C17H21NS. The summed E-state index contributed by atoms with van der Waals surface area (Å²) in [6, 6.07) is 15.4. The number of nitrogens with one attached hydrogen (secondary N) is 1. The third-order valence-electron chi connectivity index (χ3n) is 3.10. The highest BCUT2D eigenvalue weighted by molar-refractivity contribution is 7.99. The van der Waals surface area contributed by atoms with Crippen molar-refractivity contribution in [2.75, 3.05) is 6.54 Å². The van der Waals surface area contributed by atoms with E-state index in [1.165, 1.54) is 26.5 Å². The van der Waals surface area contributed by atoms with Gasteiger partial charge in [-0.05, 0) is 55.8 Å². The Morgan fingerprint density at radius 1 is 1.00 bits per heavy atom. The van der Waals surface area contributed by atoms with Crippen molar-refractivity contribution in [2.24, 2.45) is 0 Å². The minimum atomic E-state index is 0.956. The van der Waals surface area contributed by atoms with Gasteiger partial charge in [-0.3, -0.25) is 0 Å². The summed E-state index contributed by atoms with van der Waals surface area (Å²) in [5, 5.41) is 3.38. The Hall–Kier alpha value is -1.25. The van der Waals surface area contributed by atoms with E-state index in [9.17, 15) is 0 Å². The van der Waals surface area contributed by atoms with Crippen LogP contribution >= 0.6 is 11.8 Å². The van der Waals surface area contributed by atoms with Gasteiger partial charge in [0.05, 0.1) is 0 Å². The van der Waals surface area contributed by atoms with Crippen LogP contribution < -0.4 is 5.32 Å². The maximum absolute atomic E-state index is 3.38. The summed E-state index contributed by atoms with van der Waals surface area (Å²) in [6.07, 6.45) is 0. The van der Waals surface area contributed by atoms with Crippen LogP contribution in [0.3, 0.4) is 0 Å². The summed E-state index contributed by atoms with van der Waals surface area (Å²) in [4.78, 5) is 2.61. The lowest BCUT2D eigenvalue weighted by Crippen LogP contribution is -2.12. The first-order valence-corrected chi connectivity index (χ1v) is 7.55. The van der Waals surface area contributed by atoms with Gasteiger partial charge in [-0.15, -0.1) is 0 Å². The average Bonchev–Trinajstić information content (AvgIpc) is 2.38. The van der Waals surface area contributed by atoms with Crippen LogP contribution in [0.2, 0.25) is 0 Å². The normalized spacial score (nSPS) is 10.7. The van der Waals surface area contributed by atoms with Crippen LogP contribution in [0.15, 0.2) is 52.3 Å². The van der Waals surface area contributed by atoms with Crippen LogP contribution in [0.25, 0.3) is 0 Å². The first kappa shape index (κ1) is 14.2. The molecule has 0 spiro atoms. The van der Waals surface area contributed by atoms with E-state index in [0.717, 1.165) is 13.1 Å². The number of aryl methyl sites for hydroxylation is 2. The molecule has 0 aliphatic heterocycles. The highest BCUT2D eigenvalue weighted by Crippen LogP contribution is 2.29. The third-order valence-corrected chi connectivity index (χ3v) is 4.08. The molecule has 0 bridgehead atoms. The van der Waals surface area contributed by atoms with Gasteiger partial charge < -0.3 is 5.32 Å². The van der Waals surface area contributed by atoms with Crippen LogP contribution in [-0.4, -0.2) is 6.54 Å². The van der Waals surface area contributed by atoms with Crippen LogP contribution in [0.1, 0.15) is 23.6 Å². The fraction of sp³-hybridized carbons (Fsp3) is 0.294. The fourth-order valence-electron chi connectivity index (χ4n) is 2.00. The lowest BCUT2D eigenvalue weighted by molar-refractivity contribution is 0.723. The Kier molecular flexibility index (Phi) is 5.06. The van der Waals surface area contributed by atoms with Crippen molar-refractivity contribution in [3.63, 3.8) is 0 Å². The molecule has 2 heteroatoms. The molecule has 2 rings (SSSR count). The Morgan fingerprint density at radius 3 is 2.47 bits per heavy atom. The fourth-order valence-corrected chi connectivity index (χ4v) is 3.04. The van der Waals surface area contributed by atoms with Crippen molar-refractivity contribution in [3.05, 3.63) is 59.2 Å². The second kappa shape index (κ2) is 6.78. The Morgan fingerprint density at radius 2 is 1.79 bits per heavy atom. The summed E-state index contributed by atoms with van der Waals surface area (Å²) >= 11 is 1.83. The lowest BCUT2D eigenvalue weighted by Gasteiger charge is -2.09. The molecule has 0 aromatic heterocycles. The molecule has 1 nitrogen and oxygen atoms in total. The van der Waals surface area contributed by atoms with E-state index in [0.29, 0.717) is 0 Å². The summed E-state index contributed by atoms with van der Waals surface area (Å²) in [5.74, 6) is 0. The molecule has 0 unspecified atom stereocenters. The lowest BCUT2D eigenvalue weighted by atomic mass is 10.1. The van der Waals surface area contributed by atoms with Gasteiger partial charge in [0.15, 0.2) is 0 Å². The SMILES string of the molecule is CCNCc1ccc(Sc2cccc(C)c2)cc1C. The molecule has 0 amide bonds. The largest absolute Gasteiger partial charge is 0.313 e. The van der Waals surface area contributed by atoms with Crippen molar-refractivity contribution >= 4 is 11.8 Å². The summed E-state index contributed by atoms with van der Waals surface area (Å²) in [7, 11) is 0. The van der Waals surface area contributed by atoms with E-state index in [-0.39, 0.29) is 0 Å². The van der Waals surface area contributed by atoms with Crippen molar-refractivity contribution in [2.45, 2.75) is 37.1 Å². The smallest absolute Gasteiger partial charge is 0.0208 e. The van der Waals surface area contributed by atoms with E-state index in [1.54, 1.807) is 0 Å². The Labute approximate surface area is 120 Å². The average molecular weight is 271 g/mol. The van der Waals surface area contributed by atoms with Crippen molar-refractivity contribution in [1.82, 2.24) is 5.32 Å². The number of rotatable bonds is 5. The van der Waals surface area contributed by atoms with Gasteiger partial charge >= 0.3 is 0 Å². The maximum atomic E-state index is 3.38. The predicted octanol–water partition coefficient (Wildman–Crippen LogP) is 4.56. The minimum absolute atomic E-state index is 0.956. The van der Waals surface area contributed by atoms with Crippen LogP contribution in [0.5, 0.6) is 0 Å². The van der Waals surface area contributed by atoms with Crippen molar-refractivity contribution in [1.29, 1.82) is 0 Å². The molecule has 0 atom stereocenters. The molecule has 0 fully saturated rings. The van der Waals surface area contributed by atoms with Gasteiger partial charge in [0.25, 0.3) is 0 Å². The van der Waals surface area contributed by atoms with Crippen LogP contribution in [-0.2, 0) is 6.54 Å². The highest BCUT2D eigenvalue weighted by atomic mass is 32.2. The summed E-state index contributed by atoms with van der Waals surface area (Å²) < 4.78 is 0. The van der Waals surface area contributed by atoms with E-state index in [4.69, 9.17) is 0 Å². The van der Waals surface area contributed by atoms with Crippen molar-refractivity contribution < 1.29 is 0 Å². The number of benzene rings is 2. The molecule has 0 heterocycles. The van der Waals surface area contributed by atoms with Gasteiger partial charge in [0, 0.05) is 16.3 Å². The predicted molar refractivity (Wildman–Crippen MR) is 83.9 cm³/mol. The summed E-state index contributed by atoms with van der Waals surface area (Å²) in [6.45, 7) is 8.43. The molecule has 1 N–H and O–H groups in total. The van der Waals surface area contributed by atoms with E-state index in [1.807, 2.05) is 11.8 Å². The van der Waals surface area contributed by atoms with Gasteiger partial charge in [-0.25, -0.2) is 0 Å². The molecule has 0 aliphatic carbocycles. The first-order valence-electron chi connectivity index (χ1n) is 6.74. The highest BCUT2D eigenvalue weighted by Gasteiger charge is 2.02. The Bertz CT molecular complexity index is 549. The monoisotopic (exact) mass is 271 g/mol. The zero-order chi connectivity index (χ0) is 13.7. The maximum Gasteiger partial charge on any atom is 0.0208 e. The third kappa shape index (κ3) is 4.12. The first-order chi connectivity index (χ1) is 9.19. The van der Waals surface area contributed by atoms with Gasteiger partial charge in [0.1, 0.15) is 0 Å². The summed E-state index contributed by atoms with van der Waals surface area (Å²) in [5.41, 5.74) is 4.06. The van der Waals surface area contributed by atoms with Gasteiger partial charge in [0.2, 0.25) is 0 Å². The molecule has 19 heavy (non-hydrogen) atoms. The molecule has 0 saturated heterocycles. The molecule has 0 saturated carbocycles. The van der Waals surface area contributed by atoms with Gasteiger partial charge in [-0.1, -0.05) is 42.4 Å². The van der Waals surface area contributed by atoms with E-state index >= 15 is 0 Å². The zero-order valence-corrected chi connectivity index (χ0v) is 12.7. The quantitative estimate of drug-likeness (QED) is 0.855. The second-order valence-corrected chi connectivity index (χ2v) is 5.93. The Balaban J connectivity index is 2.11. The van der Waals surface area contributed by atoms with E-state index in [2.05, 4.69) is 68.6 Å². The van der Waals surface area contributed by atoms with Crippen molar-refractivity contribution in [3.8, 4) is 0 Å². The van der Waals surface area contributed by atoms with Gasteiger partial charge in [-0.2, -0.15) is 0 Å². The number of hydrogen-bond acceptors (Lipinski definition) is 2. The minimum Gasteiger partial charge on any atom is -0.313 e.